The lowest BCUT2D eigenvalue weighted by molar-refractivity contribution is -0.144. The first kappa shape index (κ1) is 36.0. The first-order valence-electron chi connectivity index (χ1n) is 14.9. The molecule has 4 aromatic carbocycles. The summed E-state index contributed by atoms with van der Waals surface area (Å²) in [6.45, 7) is 9.57. The zero-order valence-electron chi connectivity index (χ0n) is 26.6. The minimum Gasteiger partial charge on any atom is -0.485 e. The van der Waals surface area contributed by atoms with E-state index in [-0.39, 0.29) is 47.4 Å². The smallest absolute Gasteiger partial charge is 0.343 e. The maximum atomic E-state index is 13.2. The molecule has 0 fully saturated rings. The van der Waals surface area contributed by atoms with Gasteiger partial charge in [-0.2, -0.15) is 0 Å². The molecule has 0 aliphatic rings. The average Bonchev–Trinajstić information content (AvgIpc) is 3.14. The van der Waals surface area contributed by atoms with Crippen LogP contribution < -0.4 is 18.9 Å². The maximum Gasteiger partial charge on any atom is 0.343 e. The molecule has 4 rings (SSSR count). The summed E-state index contributed by atoms with van der Waals surface area (Å²) in [7, 11) is 0. The molecule has 0 bridgehead atoms. The third-order valence-corrected chi connectivity index (χ3v) is 6.80. The van der Waals surface area contributed by atoms with E-state index >= 15 is 0 Å². The van der Waals surface area contributed by atoms with Gasteiger partial charge in [-0.1, -0.05) is 31.9 Å². The number of esters is 3. The normalized spacial score (nSPS) is 10.2. The van der Waals surface area contributed by atoms with Gasteiger partial charge in [0.1, 0.15) is 23.0 Å². The van der Waals surface area contributed by atoms with Crippen LogP contribution in [0.5, 0.6) is 23.0 Å². The Morgan fingerprint density at radius 3 is 1.72 bits per heavy atom. The fourth-order valence-electron chi connectivity index (χ4n) is 4.26. The highest BCUT2D eigenvalue weighted by molar-refractivity contribution is 6.14. The predicted molar refractivity (Wildman–Crippen MR) is 181 cm³/mol. The van der Waals surface area contributed by atoms with Gasteiger partial charge in [0.05, 0.1) is 17.5 Å². The summed E-state index contributed by atoms with van der Waals surface area (Å²) in [4.78, 5) is 73.6. The Morgan fingerprint density at radius 2 is 1.14 bits per heavy atom. The molecule has 252 valence electrons. The quantitative estimate of drug-likeness (QED) is 0.0309. The monoisotopic (exact) mass is 674 g/mol. The van der Waals surface area contributed by atoms with Gasteiger partial charge >= 0.3 is 17.9 Å². The number of carbonyl (C=O) groups excluding carboxylic acids is 6. The second-order valence-corrected chi connectivity index (χ2v) is 10.2. The van der Waals surface area contributed by atoms with E-state index in [9.17, 15) is 28.8 Å². The van der Waals surface area contributed by atoms with Crippen molar-refractivity contribution in [3.8, 4) is 34.1 Å². The van der Waals surface area contributed by atoms with Crippen LogP contribution in [0.4, 0.5) is 0 Å². The van der Waals surface area contributed by atoms with Gasteiger partial charge in [-0.05, 0) is 102 Å². The molecule has 0 unspecified atom stereocenters. The standard InChI is InChI=1S/C39H30O11/c1-4-28(40)21-36(42)34-19-18-33(50-39(45)25-10-14-30(15-11-25)46-23-29(41)5-2)22-35(34)27-8-7-9-32(20-27)49-38(44)26-12-16-31(17-13-26)47-24-48-37(43)6-3/h4-20,22H,1-3,21,23-24H2. The number of benzene rings is 4. The molecule has 0 N–H and O–H groups in total. The van der Waals surface area contributed by atoms with Crippen molar-refractivity contribution < 1.29 is 52.5 Å². The van der Waals surface area contributed by atoms with E-state index in [2.05, 4.69) is 19.7 Å². The van der Waals surface area contributed by atoms with Crippen LogP contribution in [0.25, 0.3) is 11.1 Å². The number of hydrogen-bond donors (Lipinski definition) is 0. The van der Waals surface area contributed by atoms with E-state index in [1.807, 2.05) is 0 Å². The molecule has 0 atom stereocenters. The lowest BCUT2D eigenvalue weighted by Crippen LogP contribution is -2.11. The van der Waals surface area contributed by atoms with Gasteiger partial charge < -0.3 is 23.7 Å². The van der Waals surface area contributed by atoms with E-state index in [4.69, 9.17) is 23.7 Å². The second-order valence-electron chi connectivity index (χ2n) is 10.2. The zero-order valence-corrected chi connectivity index (χ0v) is 26.6. The Bertz CT molecular complexity index is 1950. The van der Waals surface area contributed by atoms with E-state index in [0.29, 0.717) is 22.6 Å². The summed E-state index contributed by atoms with van der Waals surface area (Å²) in [6, 6.07) is 22.5. The van der Waals surface area contributed by atoms with Gasteiger partial charge in [0.15, 0.2) is 24.0 Å². The molecular weight excluding hydrogens is 644 g/mol. The number of allylic oxidation sites excluding steroid dienone is 1. The molecule has 0 saturated heterocycles. The van der Waals surface area contributed by atoms with Crippen LogP contribution in [0.1, 0.15) is 37.5 Å². The molecule has 0 radical (unpaired) electrons. The molecule has 11 heteroatoms. The second kappa shape index (κ2) is 17.3. The number of carbonyl (C=O) groups is 6. The summed E-state index contributed by atoms with van der Waals surface area (Å²) >= 11 is 0. The SMILES string of the molecule is C=CC(=O)COc1ccc(C(=O)Oc2ccc(C(=O)CC(=O)C=C)c(-c3cccc(OC(=O)c4ccc(OCOC(=O)C=C)cc4)c3)c2)cc1. The Kier molecular flexibility index (Phi) is 12.5. The van der Waals surface area contributed by atoms with Gasteiger partial charge in [0.2, 0.25) is 6.79 Å². The first-order valence-corrected chi connectivity index (χ1v) is 14.9. The molecule has 11 nitrogen and oxygen atoms in total. The number of rotatable bonds is 17. The van der Waals surface area contributed by atoms with Gasteiger partial charge in [-0.3, -0.25) is 14.4 Å². The highest BCUT2D eigenvalue weighted by Crippen LogP contribution is 2.32. The van der Waals surface area contributed by atoms with Crippen LogP contribution in [0, 0.1) is 0 Å². The minimum atomic E-state index is -0.706. The maximum absolute atomic E-state index is 13.2. The molecule has 0 heterocycles. The number of hydrogen-bond acceptors (Lipinski definition) is 11. The van der Waals surface area contributed by atoms with Crippen molar-refractivity contribution in [2.24, 2.45) is 0 Å². The van der Waals surface area contributed by atoms with Gasteiger partial charge in [0.25, 0.3) is 0 Å². The summed E-state index contributed by atoms with van der Waals surface area (Å²) in [6.07, 6.45) is 2.76. The van der Waals surface area contributed by atoms with Crippen molar-refractivity contribution in [1.82, 2.24) is 0 Å². The van der Waals surface area contributed by atoms with Crippen LogP contribution in [-0.4, -0.2) is 48.7 Å². The highest BCUT2D eigenvalue weighted by Gasteiger charge is 2.19. The van der Waals surface area contributed by atoms with Crippen LogP contribution in [0.15, 0.2) is 129 Å². The van der Waals surface area contributed by atoms with Crippen molar-refractivity contribution in [2.75, 3.05) is 13.4 Å². The average molecular weight is 675 g/mol. The van der Waals surface area contributed by atoms with Crippen molar-refractivity contribution in [2.45, 2.75) is 6.42 Å². The summed E-state index contributed by atoms with van der Waals surface area (Å²) in [5.74, 6) is -2.37. The Labute approximate surface area is 287 Å². The van der Waals surface area contributed by atoms with E-state index in [1.54, 1.807) is 18.2 Å². The van der Waals surface area contributed by atoms with Crippen LogP contribution in [0.2, 0.25) is 0 Å². The number of Topliss-reactive ketones (excluding diaryl/α,β-unsaturated/α-hetero) is 1. The van der Waals surface area contributed by atoms with Crippen molar-refractivity contribution in [3.05, 3.63) is 146 Å². The number of ketones is 3. The van der Waals surface area contributed by atoms with Crippen LogP contribution >= 0.6 is 0 Å². The largest absolute Gasteiger partial charge is 0.485 e. The Morgan fingerprint density at radius 1 is 0.580 bits per heavy atom. The molecule has 4 aromatic rings. The van der Waals surface area contributed by atoms with Crippen molar-refractivity contribution >= 4 is 35.3 Å². The van der Waals surface area contributed by atoms with E-state index in [0.717, 1.165) is 18.2 Å². The van der Waals surface area contributed by atoms with Crippen LogP contribution in [-0.2, 0) is 19.1 Å². The van der Waals surface area contributed by atoms with E-state index < -0.39 is 35.9 Å². The molecule has 0 saturated carbocycles. The topological polar surface area (TPSA) is 149 Å². The van der Waals surface area contributed by atoms with Gasteiger partial charge in [0, 0.05) is 11.6 Å². The van der Waals surface area contributed by atoms with Gasteiger partial charge in [-0.15, -0.1) is 0 Å². The van der Waals surface area contributed by atoms with Crippen molar-refractivity contribution in [1.29, 1.82) is 0 Å². The molecule has 0 spiro atoms. The summed E-state index contributed by atoms with van der Waals surface area (Å²) in [5, 5.41) is 0. The summed E-state index contributed by atoms with van der Waals surface area (Å²) in [5.41, 5.74) is 1.28. The Hall–Kier alpha value is -6.88. The lowest BCUT2D eigenvalue weighted by atomic mass is 9.94. The number of ether oxygens (including phenoxy) is 5. The highest BCUT2D eigenvalue weighted by atomic mass is 16.7. The molecule has 0 aliphatic heterocycles. The third kappa shape index (κ3) is 10.1. The minimum absolute atomic E-state index is 0.0949. The van der Waals surface area contributed by atoms with Crippen molar-refractivity contribution in [3.63, 3.8) is 0 Å². The third-order valence-electron chi connectivity index (χ3n) is 6.80. The fourth-order valence-corrected chi connectivity index (χ4v) is 4.26. The molecule has 50 heavy (non-hydrogen) atoms. The predicted octanol–water partition coefficient (Wildman–Crippen LogP) is 6.32. The fraction of sp³-hybridized carbons (Fsp3) is 0.0769. The van der Waals surface area contributed by atoms with E-state index in [1.165, 1.54) is 72.8 Å². The molecule has 0 aliphatic carbocycles. The zero-order chi connectivity index (χ0) is 36.0. The van der Waals surface area contributed by atoms with Crippen LogP contribution in [0.3, 0.4) is 0 Å². The molecule has 0 amide bonds. The lowest BCUT2D eigenvalue weighted by Gasteiger charge is -2.13. The molecule has 0 aromatic heterocycles. The molecular formula is C39H30O11. The summed E-state index contributed by atoms with van der Waals surface area (Å²) < 4.78 is 26.6. The first-order chi connectivity index (χ1) is 24.1. The Balaban J connectivity index is 1.54. The van der Waals surface area contributed by atoms with Gasteiger partial charge in [-0.25, -0.2) is 14.4 Å².